The van der Waals surface area contributed by atoms with Gasteiger partial charge >= 0.3 is 0 Å². The van der Waals surface area contributed by atoms with Crippen LogP contribution in [0.4, 0.5) is 4.39 Å². The normalized spacial score (nSPS) is 9.25. The molecule has 0 radical (unpaired) electrons. The third kappa shape index (κ3) is 4.45. The van der Waals surface area contributed by atoms with E-state index in [0.717, 1.165) is 16.1 Å². The van der Waals surface area contributed by atoms with Gasteiger partial charge in [-0.3, -0.25) is 0 Å². The van der Waals surface area contributed by atoms with E-state index in [1.54, 1.807) is 12.1 Å². The van der Waals surface area contributed by atoms with Crippen LogP contribution in [0, 0.1) is 19.7 Å². The van der Waals surface area contributed by atoms with Gasteiger partial charge < -0.3 is 0 Å². The minimum Gasteiger partial charge on any atom is -0.207 e. The standard InChI is InChI=1S/C7H7Cl.C7H7F/c1-6-4-2-3-5-7(6)8;1-6-2-4-7(8)5-3-6/h2*2-5H,1H3. The highest BCUT2D eigenvalue weighted by atomic mass is 35.5. The van der Waals surface area contributed by atoms with E-state index in [0.29, 0.717) is 0 Å². The van der Waals surface area contributed by atoms with Crippen molar-refractivity contribution in [2.75, 3.05) is 0 Å². The predicted octanol–water partition coefficient (Wildman–Crippen LogP) is 4.78. The first-order valence-corrected chi connectivity index (χ1v) is 5.40. The van der Waals surface area contributed by atoms with Gasteiger partial charge in [0.2, 0.25) is 0 Å². The SMILES string of the molecule is Cc1ccc(F)cc1.Cc1ccccc1Cl. The summed E-state index contributed by atoms with van der Waals surface area (Å²) in [6, 6.07) is 14.2. The zero-order chi connectivity index (χ0) is 12.0. The number of rotatable bonds is 0. The van der Waals surface area contributed by atoms with E-state index < -0.39 is 0 Å². The number of aryl methyl sites for hydroxylation is 2. The van der Waals surface area contributed by atoms with Gasteiger partial charge in [-0.15, -0.1) is 0 Å². The lowest BCUT2D eigenvalue weighted by Crippen LogP contribution is -1.71. The van der Waals surface area contributed by atoms with Gasteiger partial charge in [0.1, 0.15) is 5.82 Å². The Hall–Kier alpha value is -1.34. The molecule has 0 aliphatic carbocycles. The van der Waals surface area contributed by atoms with Crippen LogP contribution >= 0.6 is 11.6 Å². The van der Waals surface area contributed by atoms with Gasteiger partial charge in [0.05, 0.1) is 0 Å². The van der Waals surface area contributed by atoms with Gasteiger partial charge in [0.25, 0.3) is 0 Å². The van der Waals surface area contributed by atoms with Gasteiger partial charge in [0, 0.05) is 5.02 Å². The summed E-state index contributed by atoms with van der Waals surface area (Å²) in [4.78, 5) is 0. The molecule has 0 fully saturated rings. The third-order valence-corrected chi connectivity index (χ3v) is 2.51. The van der Waals surface area contributed by atoms with Crippen molar-refractivity contribution in [3.63, 3.8) is 0 Å². The number of benzene rings is 2. The monoisotopic (exact) mass is 236 g/mol. The van der Waals surface area contributed by atoms with E-state index in [4.69, 9.17) is 11.6 Å². The van der Waals surface area contributed by atoms with Crippen molar-refractivity contribution in [3.05, 3.63) is 70.5 Å². The van der Waals surface area contributed by atoms with Crippen LogP contribution in [0.1, 0.15) is 11.1 Å². The molecule has 16 heavy (non-hydrogen) atoms. The molecule has 0 bridgehead atoms. The van der Waals surface area contributed by atoms with Crippen molar-refractivity contribution in [3.8, 4) is 0 Å². The van der Waals surface area contributed by atoms with E-state index in [-0.39, 0.29) is 5.82 Å². The second kappa shape index (κ2) is 6.29. The second-order valence-corrected chi connectivity index (χ2v) is 3.95. The van der Waals surface area contributed by atoms with Crippen LogP contribution in [0.3, 0.4) is 0 Å². The van der Waals surface area contributed by atoms with Crippen LogP contribution in [0.5, 0.6) is 0 Å². The lowest BCUT2D eigenvalue weighted by atomic mass is 10.2. The predicted molar refractivity (Wildman–Crippen MR) is 67.3 cm³/mol. The maximum Gasteiger partial charge on any atom is 0.123 e. The maximum absolute atomic E-state index is 12.1. The molecule has 0 heterocycles. The minimum atomic E-state index is -0.171. The largest absolute Gasteiger partial charge is 0.207 e. The first kappa shape index (κ1) is 12.7. The summed E-state index contributed by atoms with van der Waals surface area (Å²) in [5.41, 5.74) is 2.22. The van der Waals surface area contributed by atoms with Crippen molar-refractivity contribution >= 4 is 11.6 Å². The molecule has 0 spiro atoms. The number of hydrogen-bond acceptors (Lipinski definition) is 0. The molecule has 0 aliphatic heterocycles. The summed E-state index contributed by atoms with van der Waals surface area (Å²) >= 11 is 5.71. The molecule has 0 atom stereocenters. The van der Waals surface area contributed by atoms with Crippen LogP contribution in [-0.2, 0) is 0 Å². The molecule has 0 nitrogen and oxygen atoms in total. The van der Waals surface area contributed by atoms with E-state index in [9.17, 15) is 4.39 Å². The molecular formula is C14H14ClF. The van der Waals surface area contributed by atoms with Gasteiger partial charge in [-0.25, -0.2) is 4.39 Å². The van der Waals surface area contributed by atoms with E-state index >= 15 is 0 Å². The Kier molecular flexibility index (Phi) is 5.00. The topological polar surface area (TPSA) is 0 Å². The molecule has 2 aromatic carbocycles. The fraction of sp³-hybridized carbons (Fsp3) is 0.143. The molecule has 0 aromatic heterocycles. The van der Waals surface area contributed by atoms with Crippen molar-refractivity contribution < 1.29 is 4.39 Å². The Labute approximate surface area is 101 Å². The first-order valence-electron chi connectivity index (χ1n) is 5.03. The molecule has 0 amide bonds. The Morgan fingerprint density at radius 3 is 1.81 bits per heavy atom. The van der Waals surface area contributed by atoms with Crippen LogP contribution in [-0.4, -0.2) is 0 Å². The van der Waals surface area contributed by atoms with Gasteiger partial charge in [-0.1, -0.05) is 47.5 Å². The highest BCUT2D eigenvalue weighted by molar-refractivity contribution is 6.31. The van der Waals surface area contributed by atoms with E-state index in [1.165, 1.54) is 12.1 Å². The molecule has 0 saturated heterocycles. The van der Waals surface area contributed by atoms with Gasteiger partial charge in [0.15, 0.2) is 0 Å². The molecule has 84 valence electrons. The van der Waals surface area contributed by atoms with E-state index in [2.05, 4.69) is 0 Å². The van der Waals surface area contributed by atoms with Crippen LogP contribution in [0.2, 0.25) is 5.02 Å². The molecule has 0 unspecified atom stereocenters. The smallest absolute Gasteiger partial charge is 0.123 e. The fourth-order valence-electron chi connectivity index (χ4n) is 1.08. The summed E-state index contributed by atoms with van der Waals surface area (Å²) in [5.74, 6) is -0.171. The molecule has 2 aromatic rings. The van der Waals surface area contributed by atoms with Crippen molar-refractivity contribution in [1.82, 2.24) is 0 Å². The quantitative estimate of drug-likeness (QED) is 0.617. The van der Waals surface area contributed by atoms with Gasteiger partial charge in [-0.05, 0) is 37.6 Å². The number of hydrogen-bond donors (Lipinski definition) is 0. The van der Waals surface area contributed by atoms with Crippen LogP contribution in [0.15, 0.2) is 48.5 Å². The summed E-state index contributed by atoms with van der Waals surface area (Å²) in [6.07, 6.45) is 0. The molecule has 2 heteroatoms. The highest BCUT2D eigenvalue weighted by Crippen LogP contribution is 2.11. The highest BCUT2D eigenvalue weighted by Gasteiger charge is 1.86. The Bertz CT molecular complexity index is 393. The minimum absolute atomic E-state index is 0.171. The summed E-state index contributed by atoms with van der Waals surface area (Å²) < 4.78 is 12.1. The zero-order valence-electron chi connectivity index (χ0n) is 9.37. The number of halogens is 2. The Morgan fingerprint density at radius 1 is 0.875 bits per heavy atom. The fourth-order valence-corrected chi connectivity index (χ4v) is 1.22. The second-order valence-electron chi connectivity index (χ2n) is 3.54. The summed E-state index contributed by atoms with van der Waals surface area (Å²) in [6.45, 7) is 3.92. The zero-order valence-corrected chi connectivity index (χ0v) is 10.1. The van der Waals surface area contributed by atoms with Gasteiger partial charge in [-0.2, -0.15) is 0 Å². The average Bonchev–Trinajstić information content (AvgIpc) is 2.28. The lowest BCUT2D eigenvalue weighted by molar-refractivity contribution is 0.627. The van der Waals surface area contributed by atoms with Crippen molar-refractivity contribution in [1.29, 1.82) is 0 Å². The third-order valence-electron chi connectivity index (χ3n) is 2.09. The molecule has 0 aliphatic rings. The molecular weight excluding hydrogens is 223 g/mol. The first-order chi connectivity index (χ1) is 7.59. The van der Waals surface area contributed by atoms with Crippen molar-refractivity contribution in [2.45, 2.75) is 13.8 Å². The Morgan fingerprint density at radius 2 is 1.44 bits per heavy atom. The molecule has 0 saturated carbocycles. The van der Waals surface area contributed by atoms with Crippen molar-refractivity contribution in [2.24, 2.45) is 0 Å². The summed E-state index contributed by atoms with van der Waals surface area (Å²) in [5, 5.41) is 0.840. The Balaban J connectivity index is 0.000000160. The lowest BCUT2D eigenvalue weighted by Gasteiger charge is -1.90. The van der Waals surface area contributed by atoms with E-state index in [1.807, 2.05) is 38.1 Å². The molecule has 2 rings (SSSR count). The average molecular weight is 237 g/mol. The van der Waals surface area contributed by atoms with Crippen LogP contribution in [0.25, 0.3) is 0 Å². The maximum atomic E-state index is 12.1. The summed E-state index contributed by atoms with van der Waals surface area (Å²) in [7, 11) is 0. The van der Waals surface area contributed by atoms with Crippen LogP contribution < -0.4 is 0 Å². The molecule has 0 N–H and O–H groups in total.